The highest BCUT2D eigenvalue weighted by molar-refractivity contribution is 7.89. The Labute approximate surface area is 198 Å². The minimum absolute atomic E-state index is 0.0524. The van der Waals surface area contributed by atoms with Crippen molar-refractivity contribution in [2.24, 2.45) is 7.05 Å². The van der Waals surface area contributed by atoms with E-state index in [0.29, 0.717) is 70.4 Å². The molecule has 2 aromatic rings. The monoisotopic (exact) mass is 494 g/mol. The number of ether oxygens (including phenoxy) is 3. The Kier molecular flexibility index (Phi) is 7.51. The maximum absolute atomic E-state index is 12.9. The molecule has 0 saturated carbocycles. The molecule has 2 aliphatic rings. The number of aromatic nitrogens is 2. The molecule has 2 saturated heterocycles. The number of amides is 1. The highest BCUT2D eigenvalue weighted by Crippen LogP contribution is 2.23. The molecule has 0 bridgehead atoms. The molecule has 1 atom stereocenters. The fraction of sp³-hybridized carbons (Fsp3) is 0.591. The predicted molar refractivity (Wildman–Crippen MR) is 122 cm³/mol. The average Bonchev–Trinajstić information content (AvgIpc) is 3.18. The zero-order valence-electron chi connectivity index (χ0n) is 19.4. The molecule has 11 nitrogen and oxygen atoms in total. The van der Waals surface area contributed by atoms with Gasteiger partial charge in [-0.15, -0.1) is 0 Å². The van der Waals surface area contributed by atoms with Crippen LogP contribution in [0.25, 0.3) is 11.0 Å². The van der Waals surface area contributed by atoms with Crippen molar-refractivity contribution in [1.82, 2.24) is 18.8 Å². The maximum atomic E-state index is 12.9. The van der Waals surface area contributed by atoms with Crippen molar-refractivity contribution >= 4 is 32.9 Å². The van der Waals surface area contributed by atoms with Gasteiger partial charge in [-0.2, -0.15) is 4.31 Å². The van der Waals surface area contributed by atoms with Crippen LogP contribution in [0.5, 0.6) is 0 Å². The van der Waals surface area contributed by atoms with Crippen LogP contribution >= 0.6 is 0 Å². The van der Waals surface area contributed by atoms with E-state index in [1.54, 1.807) is 30.0 Å². The minimum Gasteiger partial charge on any atom is -0.453 e. The van der Waals surface area contributed by atoms with Gasteiger partial charge < -0.3 is 23.7 Å². The molecule has 1 aromatic heterocycles. The second-order valence-electron chi connectivity index (χ2n) is 8.32. The van der Waals surface area contributed by atoms with Crippen molar-refractivity contribution in [3.8, 4) is 0 Å². The van der Waals surface area contributed by atoms with Crippen LogP contribution in [0.15, 0.2) is 23.1 Å². The van der Waals surface area contributed by atoms with E-state index in [1.807, 2.05) is 11.6 Å². The van der Waals surface area contributed by atoms with Gasteiger partial charge in [-0.1, -0.05) is 0 Å². The van der Waals surface area contributed by atoms with Crippen molar-refractivity contribution in [2.75, 3.05) is 52.6 Å². The van der Waals surface area contributed by atoms with E-state index < -0.39 is 22.1 Å². The van der Waals surface area contributed by atoms with Crippen LogP contribution in [0.2, 0.25) is 0 Å². The summed E-state index contributed by atoms with van der Waals surface area (Å²) in [7, 11) is -1.81. The van der Waals surface area contributed by atoms with Gasteiger partial charge in [-0.3, -0.25) is 9.59 Å². The Morgan fingerprint density at radius 3 is 2.41 bits per heavy atom. The maximum Gasteiger partial charge on any atom is 0.307 e. The van der Waals surface area contributed by atoms with Gasteiger partial charge in [0.2, 0.25) is 10.0 Å². The fourth-order valence-corrected chi connectivity index (χ4v) is 5.54. The number of esters is 1. The van der Waals surface area contributed by atoms with Gasteiger partial charge in [0, 0.05) is 39.6 Å². The Bertz CT molecular complexity index is 1150. The second kappa shape index (κ2) is 10.4. The highest BCUT2D eigenvalue weighted by Gasteiger charge is 2.28. The van der Waals surface area contributed by atoms with Crippen LogP contribution in [0.1, 0.15) is 19.2 Å². The lowest BCUT2D eigenvalue weighted by Gasteiger charge is -2.28. The lowest BCUT2D eigenvalue weighted by molar-refractivity contribution is -0.160. The van der Waals surface area contributed by atoms with Gasteiger partial charge in [-0.05, 0) is 25.1 Å². The first kappa shape index (κ1) is 24.6. The first-order chi connectivity index (χ1) is 16.3. The lowest BCUT2D eigenvalue weighted by Crippen LogP contribution is -2.46. The molecule has 4 rings (SSSR count). The van der Waals surface area contributed by atoms with Crippen LogP contribution < -0.4 is 0 Å². The van der Waals surface area contributed by atoms with Crippen LogP contribution in [0.4, 0.5) is 0 Å². The standard InChI is InChI=1S/C22H30N4O7S/c1-16(22(28)25-7-11-31-12-8-25)33-21(27)6-5-20-23-18-15-17(3-4-19(18)24(20)2)34(29,30)26-9-13-32-14-10-26/h3-4,15-16H,5-14H2,1-2H3/t16-/m1/s1. The van der Waals surface area contributed by atoms with Crippen molar-refractivity contribution in [3.05, 3.63) is 24.0 Å². The number of hydrogen-bond donors (Lipinski definition) is 0. The summed E-state index contributed by atoms with van der Waals surface area (Å²) in [5.41, 5.74) is 1.30. The number of fused-ring (bicyclic) bond motifs is 1. The van der Waals surface area contributed by atoms with Gasteiger partial charge in [0.05, 0.1) is 48.8 Å². The largest absolute Gasteiger partial charge is 0.453 e. The van der Waals surface area contributed by atoms with E-state index in [2.05, 4.69) is 4.98 Å². The van der Waals surface area contributed by atoms with Crippen LogP contribution in [0, 0.1) is 0 Å². The third-order valence-electron chi connectivity index (χ3n) is 6.08. The number of imidazole rings is 1. The summed E-state index contributed by atoms with van der Waals surface area (Å²) in [6.07, 6.45) is -0.510. The summed E-state index contributed by atoms with van der Waals surface area (Å²) in [6.45, 7) is 4.91. The molecule has 1 aromatic carbocycles. The highest BCUT2D eigenvalue weighted by atomic mass is 32.2. The van der Waals surface area contributed by atoms with Gasteiger partial charge >= 0.3 is 5.97 Å². The van der Waals surface area contributed by atoms with Crippen LogP contribution in [0.3, 0.4) is 0 Å². The topological polar surface area (TPSA) is 120 Å². The van der Waals surface area contributed by atoms with E-state index in [4.69, 9.17) is 14.2 Å². The van der Waals surface area contributed by atoms with Crippen LogP contribution in [-0.4, -0.2) is 97.8 Å². The number of carbonyl (C=O) groups excluding carboxylic acids is 2. The summed E-state index contributed by atoms with van der Waals surface area (Å²) in [4.78, 5) is 31.1. The smallest absolute Gasteiger partial charge is 0.307 e. The summed E-state index contributed by atoms with van der Waals surface area (Å²) in [6, 6.07) is 4.86. The summed E-state index contributed by atoms with van der Waals surface area (Å²) >= 11 is 0. The van der Waals surface area contributed by atoms with Gasteiger partial charge in [0.1, 0.15) is 5.82 Å². The fourth-order valence-electron chi connectivity index (χ4n) is 4.11. The summed E-state index contributed by atoms with van der Waals surface area (Å²) in [5, 5.41) is 0. The zero-order chi connectivity index (χ0) is 24.3. The minimum atomic E-state index is -3.63. The van der Waals surface area contributed by atoms with Crippen molar-refractivity contribution in [2.45, 2.75) is 30.8 Å². The quantitative estimate of drug-likeness (QED) is 0.505. The van der Waals surface area contributed by atoms with Gasteiger partial charge in [0.15, 0.2) is 6.10 Å². The third-order valence-corrected chi connectivity index (χ3v) is 7.98. The Morgan fingerprint density at radius 2 is 1.74 bits per heavy atom. The Morgan fingerprint density at radius 1 is 1.09 bits per heavy atom. The van der Waals surface area contributed by atoms with E-state index >= 15 is 0 Å². The molecule has 2 fully saturated rings. The number of benzene rings is 1. The van der Waals surface area contributed by atoms with E-state index in [1.165, 1.54) is 4.31 Å². The van der Waals surface area contributed by atoms with Crippen LogP contribution in [-0.2, 0) is 47.3 Å². The molecule has 0 radical (unpaired) electrons. The van der Waals surface area contributed by atoms with E-state index in [9.17, 15) is 18.0 Å². The van der Waals surface area contributed by atoms with E-state index in [-0.39, 0.29) is 17.2 Å². The molecule has 3 heterocycles. The molecule has 1 amide bonds. The summed E-state index contributed by atoms with van der Waals surface area (Å²) in [5.74, 6) is -0.0924. The van der Waals surface area contributed by atoms with Crippen molar-refractivity contribution in [1.29, 1.82) is 0 Å². The van der Waals surface area contributed by atoms with Gasteiger partial charge in [0.25, 0.3) is 5.91 Å². The number of aryl methyl sites for hydroxylation is 2. The SMILES string of the molecule is C[C@@H](OC(=O)CCc1nc2cc(S(=O)(=O)N3CCOCC3)ccc2n1C)C(=O)N1CCOCC1. The predicted octanol–water partition coefficient (Wildman–Crippen LogP) is 0.317. The average molecular weight is 495 g/mol. The molecule has 0 spiro atoms. The molecule has 186 valence electrons. The Balaban J connectivity index is 1.39. The number of rotatable bonds is 7. The molecular weight excluding hydrogens is 464 g/mol. The zero-order valence-corrected chi connectivity index (χ0v) is 20.3. The van der Waals surface area contributed by atoms with Gasteiger partial charge in [-0.25, -0.2) is 13.4 Å². The number of morpholine rings is 2. The molecule has 0 N–H and O–H groups in total. The molecule has 2 aliphatic heterocycles. The molecule has 0 unspecified atom stereocenters. The molecular formula is C22H30N4O7S. The lowest BCUT2D eigenvalue weighted by atomic mass is 10.2. The van der Waals surface area contributed by atoms with E-state index in [0.717, 1.165) is 5.52 Å². The molecule has 34 heavy (non-hydrogen) atoms. The molecule has 12 heteroatoms. The number of sulfonamides is 1. The first-order valence-electron chi connectivity index (χ1n) is 11.4. The number of nitrogens with zero attached hydrogens (tertiary/aromatic N) is 4. The number of hydrogen-bond acceptors (Lipinski definition) is 8. The normalized spacial score (nSPS) is 18.7. The van der Waals surface area contributed by atoms with Crippen molar-refractivity contribution in [3.63, 3.8) is 0 Å². The second-order valence-corrected chi connectivity index (χ2v) is 10.3. The third kappa shape index (κ3) is 5.24. The Hall–Kier alpha value is -2.54. The molecule has 0 aliphatic carbocycles. The first-order valence-corrected chi connectivity index (χ1v) is 12.8. The van der Waals surface area contributed by atoms with Crippen molar-refractivity contribution < 1.29 is 32.2 Å². The number of carbonyl (C=O) groups is 2. The summed E-state index contributed by atoms with van der Waals surface area (Å²) < 4.78 is 45.0.